The maximum atomic E-state index is 9.22. The molecule has 0 spiro atoms. The summed E-state index contributed by atoms with van der Waals surface area (Å²) in [5, 5.41) is 11.5. The third-order valence-electron chi connectivity index (χ3n) is 1.79. The maximum absolute atomic E-state index is 9.22. The Labute approximate surface area is 84.2 Å². The Kier molecular flexibility index (Phi) is 1.92. The molecule has 2 aromatic carbocycles. The van der Waals surface area contributed by atoms with Crippen molar-refractivity contribution in [2.75, 3.05) is 0 Å². The quantitative estimate of drug-likeness (QED) is 0.729. The number of rotatable bonds is 0. The average molecular weight is 270 g/mol. The first-order chi connectivity index (χ1) is 5.75. The van der Waals surface area contributed by atoms with Crippen molar-refractivity contribution >= 4 is 33.4 Å². The summed E-state index contributed by atoms with van der Waals surface area (Å²) in [5.74, 6) is 0.324. The molecule has 0 unspecified atom stereocenters. The minimum Gasteiger partial charge on any atom is -0.508 e. The SMILES string of the molecule is Oc1ccc2ccc(I)cc2c1. The lowest BCUT2D eigenvalue weighted by Crippen LogP contribution is -1.74. The fourth-order valence-corrected chi connectivity index (χ4v) is 1.72. The zero-order valence-electron chi connectivity index (χ0n) is 6.29. The Morgan fingerprint density at radius 2 is 1.67 bits per heavy atom. The van der Waals surface area contributed by atoms with Gasteiger partial charge in [0.15, 0.2) is 0 Å². The predicted molar refractivity (Wildman–Crippen MR) is 58.3 cm³/mol. The van der Waals surface area contributed by atoms with Crippen LogP contribution in [0, 0.1) is 3.57 Å². The van der Waals surface area contributed by atoms with E-state index in [1.54, 1.807) is 12.1 Å². The van der Waals surface area contributed by atoms with Gasteiger partial charge in [0, 0.05) is 3.57 Å². The Hall–Kier alpha value is -0.770. The molecule has 0 saturated carbocycles. The second kappa shape index (κ2) is 2.94. The molecule has 1 N–H and O–H groups in total. The molecule has 0 radical (unpaired) electrons. The van der Waals surface area contributed by atoms with Crippen molar-refractivity contribution in [3.05, 3.63) is 40.0 Å². The van der Waals surface area contributed by atoms with Gasteiger partial charge in [-0.3, -0.25) is 0 Å². The lowest BCUT2D eigenvalue weighted by molar-refractivity contribution is 0.476. The first-order valence-corrected chi connectivity index (χ1v) is 4.72. The van der Waals surface area contributed by atoms with Crippen LogP contribution in [-0.4, -0.2) is 5.11 Å². The summed E-state index contributed by atoms with van der Waals surface area (Å²) in [6.07, 6.45) is 0. The molecule has 12 heavy (non-hydrogen) atoms. The van der Waals surface area contributed by atoms with E-state index in [0.717, 1.165) is 10.8 Å². The highest BCUT2D eigenvalue weighted by molar-refractivity contribution is 14.1. The lowest BCUT2D eigenvalue weighted by Gasteiger charge is -1.98. The van der Waals surface area contributed by atoms with Crippen LogP contribution < -0.4 is 0 Å². The van der Waals surface area contributed by atoms with Crippen LogP contribution in [0.4, 0.5) is 0 Å². The van der Waals surface area contributed by atoms with E-state index in [9.17, 15) is 5.11 Å². The molecule has 0 aliphatic heterocycles. The molecule has 0 fully saturated rings. The van der Waals surface area contributed by atoms with Crippen molar-refractivity contribution in [1.82, 2.24) is 0 Å². The molecule has 0 saturated heterocycles. The van der Waals surface area contributed by atoms with E-state index in [-0.39, 0.29) is 0 Å². The van der Waals surface area contributed by atoms with Gasteiger partial charge in [-0.15, -0.1) is 0 Å². The van der Waals surface area contributed by atoms with Crippen LogP contribution in [0.2, 0.25) is 0 Å². The van der Waals surface area contributed by atoms with Gasteiger partial charge in [-0.05, 0) is 57.6 Å². The summed E-state index contributed by atoms with van der Waals surface area (Å²) in [4.78, 5) is 0. The van der Waals surface area contributed by atoms with Gasteiger partial charge in [0.2, 0.25) is 0 Å². The standard InChI is InChI=1S/C10H7IO/c11-9-3-1-7-2-4-10(12)6-8(7)5-9/h1-6,12H. The van der Waals surface area contributed by atoms with Crippen LogP contribution in [-0.2, 0) is 0 Å². The Balaban J connectivity index is 2.80. The van der Waals surface area contributed by atoms with Crippen LogP contribution in [0.1, 0.15) is 0 Å². The van der Waals surface area contributed by atoms with Crippen molar-refractivity contribution in [1.29, 1.82) is 0 Å². The van der Waals surface area contributed by atoms with Crippen molar-refractivity contribution in [2.45, 2.75) is 0 Å². The normalized spacial score (nSPS) is 10.4. The van der Waals surface area contributed by atoms with Crippen LogP contribution in [0.25, 0.3) is 10.8 Å². The summed E-state index contributed by atoms with van der Waals surface area (Å²) in [7, 11) is 0. The molecule has 0 aliphatic rings. The van der Waals surface area contributed by atoms with E-state index in [1.807, 2.05) is 6.07 Å². The van der Waals surface area contributed by atoms with Crippen LogP contribution in [0.5, 0.6) is 5.75 Å². The molecular formula is C10H7IO. The van der Waals surface area contributed by atoms with Gasteiger partial charge in [0.1, 0.15) is 5.75 Å². The van der Waals surface area contributed by atoms with Gasteiger partial charge in [-0.2, -0.15) is 0 Å². The molecule has 2 aromatic rings. The Morgan fingerprint density at radius 3 is 2.50 bits per heavy atom. The van der Waals surface area contributed by atoms with Gasteiger partial charge >= 0.3 is 0 Å². The lowest BCUT2D eigenvalue weighted by atomic mass is 10.1. The van der Waals surface area contributed by atoms with Crippen LogP contribution in [0.3, 0.4) is 0 Å². The summed E-state index contributed by atoms with van der Waals surface area (Å²) in [6.45, 7) is 0. The highest BCUT2D eigenvalue weighted by Crippen LogP contribution is 2.21. The summed E-state index contributed by atoms with van der Waals surface area (Å²) in [5.41, 5.74) is 0. The molecule has 0 atom stereocenters. The maximum Gasteiger partial charge on any atom is 0.116 e. The van der Waals surface area contributed by atoms with Crippen molar-refractivity contribution in [3.63, 3.8) is 0 Å². The summed E-state index contributed by atoms with van der Waals surface area (Å²) < 4.78 is 1.19. The van der Waals surface area contributed by atoms with E-state index in [0.29, 0.717) is 5.75 Å². The largest absolute Gasteiger partial charge is 0.508 e. The van der Waals surface area contributed by atoms with E-state index in [4.69, 9.17) is 0 Å². The van der Waals surface area contributed by atoms with Crippen LogP contribution >= 0.6 is 22.6 Å². The molecular weight excluding hydrogens is 263 g/mol. The Bertz CT molecular complexity index is 386. The summed E-state index contributed by atoms with van der Waals surface area (Å²) in [6, 6.07) is 11.6. The zero-order valence-corrected chi connectivity index (χ0v) is 8.45. The number of hydrogen-bond donors (Lipinski definition) is 1. The number of halogens is 1. The molecule has 0 bridgehead atoms. The van der Waals surface area contributed by atoms with Gasteiger partial charge in [0.05, 0.1) is 0 Å². The van der Waals surface area contributed by atoms with Gasteiger partial charge in [-0.1, -0.05) is 12.1 Å². The van der Waals surface area contributed by atoms with Crippen molar-refractivity contribution < 1.29 is 5.11 Å². The smallest absolute Gasteiger partial charge is 0.116 e. The minimum absolute atomic E-state index is 0.324. The highest BCUT2D eigenvalue weighted by atomic mass is 127. The van der Waals surface area contributed by atoms with Gasteiger partial charge < -0.3 is 5.11 Å². The van der Waals surface area contributed by atoms with Crippen molar-refractivity contribution in [2.24, 2.45) is 0 Å². The zero-order chi connectivity index (χ0) is 8.55. The number of phenols is 1. The molecule has 0 amide bonds. The molecule has 1 nitrogen and oxygen atoms in total. The minimum atomic E-state index is 0.324. The second-order valence-corrected chi connectivity index (χ2v) is 3.92. The number of phenolic OH excluding ortho intramolecular Hbond substituents is 1. The molecule has 2 heteroatoms. The van der Waals surface area contributed by atoms with E-state index >= 15 is 0 Å². The Morgan fingerprint density at radius 1 is 0.917 bits per heavy atom. The van der Waals surface area contributed by atoms with E-state index < -0.39 is 0 Å². The third kappa shape index (κ3) is 1.39. The first-order valence-electron chi connectivity index (χ1n) is 3.64. The summed E-state index contributed by atoms with van der Waals surface area (Å²) >= 11 is 2.26. The third-order valence-corrected chi connectivity index (χ3v) is 2.46. The molecule has 0 aromatic heterocycles. The molecule has 0 heterocycles. The van der Waals surface area contributed by atoms with E-state index in [1.165, 1.54) is 3.57 Å². The van der Waals surface area contributed by atoms with Gasteiger partial charge in [-0.25, -0.2) is 0 Å². The van der Waals surface area contributed by atoms with E-state index in [2.05, 4.69) is 40.8 Å². The molecule has 0 aliphatic carbocycles. The van der Waals surface area contributed by atoms with Crippen molar-refractivity contribution in [3.8, 4) is 5.75 Å². The first kappa shape index (κ1) is 7.86. The van der Waals surface area contributed by atoms with Gasteiger partial charge in [0.25, 0.3) is 0 Å². The number of aromatic hydroxyl groups is 1. The number of hydrogen-bond acceptors (Lipinski definition) is 1. The average Bonchev–Trinajstić information content (AvgIpc) is 2.03. The highest BCUT2D eigenvalue weighted by Gasteiger charge is 1.94. The monoisotopic (exact) mass is 270 g/mol. The topological polar surface area (TPSA) is 20.2 Å². The predicted octanol–water partition coefficient (Wildman–Crippen LogP) is 3.15. The fourth-order valence-electron chi connectivity index (χ4n) is 1.20. The number of fused-ring (bicyclic) bond motifs is 1. The molecule has 2 rings (SSSR count). The second-order valence-electron chi connectivity index (χ2n) is 2.68. The fraction of sp³-hybridized carbons (Fsp3) is 0. The number of benzene rings is 2. The van der Waals surface area contributed by atoms with Crippen LogP contribution in [0.15, 0.2) is 36.4 Å². The molecule has 60 valence electrons.